The number of amides is 3. The number of hydrogen-bond donors (Lipinski definition) is 2. The van der Waals surface area contributed by atoms with E-state index in [0.717, 1.165) is 5.56 Å². The molecule has 2 aromatic rings. The first-order valence-electron chi connectivity index (χ1n) is 9.02. The molecule has 142 valence electrons. The van der Waals surface area contributed by atoms with E-state index in [2.05, 4.69) is 20.6 Å². The number of aromatic nitrogens is 2. The van der Waals surface area contributed by atoms with Crippen LogP contribution in [0.1, 0.15) is 12.5 Å². The Morgan fingerprint density at radius 3 is 2.37 bits per heavy atom. The van der Waals surface area contributed by atoms with Crippen molar-refractivity contribution in [3.05, 3.63) is 54.4 Å². The first-order valence-corrected chi connectivity index (χ1v) is 9.02. The molecule has 8 nitrogen and oxygen atoms in total. The van der Waals surface area contributed by atoms with Crippen molar-refractivity contribution in [3.63, 3.8) is 0 Å². The fourth-order valence-electron chi connectivity index (χ4n) is 2.84. The molecule has 2 heterocycles. The minimum Gasteiger partial charge on any atom is -0.350 e. The number of hydrogen-bond acceptors (Lipinski definition) is 5. The third kappa shape index (κ3) is 5.16. The summed E-state index contributed by atoms with van der Waals surface area (Å²) in [6.45, 7) is 4.56. The maximum Gasteiger partial charge on any atom is 0.318 e. The largest absolute Gasteiger partial charge is 0.350 e. The zero-order chi connectivity index (χ0) is 19.1. The van der Waals surface area contributed by atoms with Crippen LogP contribution < -0.4 is 15.5 Å². The van der Waals surface area contributed by atoms with E-state index in [-0.39, 0.29) is 11.9 Å². The van der Waals surface area contributed by atoms with E-state index in [1.165, 1.54) is 0 Å². The standard InChI is InChI=1S/C19H24N6O2/c1-15(17(26)22-14-16-6-3-2-4-7-16)23-19(27)25-12-10-24(11-13-25)18-20-8-5-9-21-18/h2-9,15H,10-14H2,1H3,(H,22,26)(H,23,27). The molecule has 1 aromatic carbocycles. The molecule has 0 radical (unpaired) electrons. The second-order valence-electron chi connectivity index (χ2n) is 6.40. The highest BCUT2D eigenvalue weighted by Gasteiger charge is 2.24. The zero-order valence-corrected chi connectivity index (χ0v) is 15.3. The number of piperazine rings is 1. The average Bonchev–Trinajstić information content (AvgIpc) is 2.73. The van der Waals surface area contributed by atoms with Gasteiger partial charge in [-0.05, 0) is 18.6 Å². The van der Waals surface area contributed by atoms with Crippen LogP contribution in [0.15, 0.2) is 48.8 Å². The van der Waals surface area contributed by atoms with Crippen LogP contribution >= 0.6 is 0 Å². The van der Waals surface area contributed by atoms with Crippen molar-refractivity contribution in [1.29, 1.82) is 0 Å². The molecule has 2 N–H and O–H groups in total. The van der Waals surface area contributed by atoms with Crippen molar-refractivity contribution in [3.8, 4) is 0 Å². The van der Waals surface area contributed by atoms with Gasteiger partial charge in [0.25, 0.3) is 0 Å². The second-order valence-corrected chi connectivity index (χ2v) is 6.40. The summed E-state index contributed by atoms with van der Waals surface area (Å²) in [7, 11) is 0. The molecule has 1 fully saturated rings. The predicted octanol–water partition coefficient (Wildman–Crippen LogP) is 1.01. The van der Waals surface area contributed by atoms with Crippen molar-refractivity contribution >= 4 is 17.9 Å². The van der Waals surface area contributed by atoms with E-state index >= 15 is 0 Å². The van der Waals surface area contributed by atoms with Crippen molar-refractivity contribution < 1.29 is 9.59 Å². The van der Waals surface area contributed by atoms with Crippen molar-refractivity contribution in [2.75, 3.05) is 31.1 Å². The number of nitrogens with one attached hydrogen (secondary N) is 2. The molecular formula is C19H24N6O2. The molecule has 0 aliphatic carbocycles. The number of benzene rings is 1. The highest BCUT2D eigenvalue weighted by molar-refractivity contribution is 5.86. The lowest BCUT2D eigenvalue weighted by atomic mass is 10.2. The molecule has 1 saturated heterocycles. The van der Waals surface area contributed by atoms with Crippen LogP contribution in [0.2, 0.25) is 0 Å². The van der Waals surface area contributed by atoms with E-state index in [1.807, 2.05) is 35.2 Å². The molecule has 0 bridgehead atoms. The maximum atomic E-state index is 12.4. The molecule has 0 saturated carbocycles. The third-order valence-electron chi connectivity index (χ3n) is 4.44. The lowest BCUT2D eigenvalue weighted by Crippen LogP contribution is -2.55. The molecular weight excluding hydrogens is 344 g/mol. The van der Waals surface area contributed by atoms with Gasteiger partial charge in [-0.25, -0.2) is 14.8 Å². The SMILES string of the molecule is CC(NC(=O)N1CCN(c2ncccn2)CC1)C(=O)NCc1ccccc1. The van der Waals surface area contributed by atoms with Gasteiger partial charge >= 0.3 is 6.03 Å². The summed E-state index contributed by atoms with van der Waals surface area (Å²) < 4.78 is 0. The number of rotatable bonds is 5. The van der Waals surface area contributed by atoms with Crippen LogP contribution in [-0.2, 0) is 11.3 Å². The molecule has 27 heavy (non-hydrogen) atoms. The Kier molecular flexibility index (Phi) is 6.19. The quantitative estimate of drug-likeness (QED) is 0.822. The number of carbonyl (C=O) groups excluding carboxylic acids is 2. The molecule has 1 unspecified atom stereocenters. The topological polar surface area (TPSA) is 90.5 Å². The molecule has 1 aliphatic rings. The van der Waals surface area contributed by atoms with E-state index in [4.69, 9.17) is 0 Å². The van der Waals surface area contributed by atoms with E-state index in [1.54, 1.807) is 30.3 Å². The first kappa shape index (κ1) is 18.6. The monoisotopic (exact) mass is 368 g/mol. The number of carbonyl (C=O) groups is 2. The fourth-order valence-corrected chi connectivity index (χ4v) is 2.84. The summed E-state index contributed by atoms with van der Waals surface area (Å²) in [5, 5.41) is 5.60. The van der Waals surface area contributed by atoms with Gasteiger partial charge in [-0.2, -0.15) is 0 Å². The summed E-state index contributed by atoms with van der Waals surface area (Å²) in [5.74, 6) is 0.467. The second kappa shape index (κ2) is 8.98. The molecule has 1 atom stereocenters. The van der Waals surface area contributed by atoms with Crippen molar-refractivity contribution in [2.45, 2.75) is 19.5 Å². The molecule has 1 aromatic heterocycles. The average molecular weight is 368 g/mol. The molecule has 8 heteroatoms. The summed E-state index contributed by atoms with van der Waals surface area (Å²) in [6, 6.07) is 10.6. The van der Waals surface area contributed by atoms with Gasteiger partial charge in [-0.1, -0.05) is 30.3 Å². The molecule has 3 amide bonds. The van der Waals surface area contributed by atoms with Gasteiger partial charge in [0.2, 0.25) is 11.9 Å². The number of urea groups is 1. The van der Waals surface area contributed by atoms with Gasteiger partial charge in [0.05, 0.1) is 0 Å². The Morgan fingerprint density at radius 1 is 1.04 bits per heavy atom. The van der Waals surface area contributed by atoms with Gasteiger partial charge in [-0.15, -0.1) is 0 Å². The summed E-state index contributed by atoms with van der Waals surface area (Å²) >= 11 is 0. The highest BCUT2D eigenvalue weighted by Crippen LogP contribution is 2.09. The van der Waals surface area contributed by atoms with Gasteiger partial charge < -0.3 is 20.4 Å². The maximum absolute atomic E-state index is 12.4. The van der Waals surface area contributed by atoms with Gasteiger partial charge in [0.15, 0.2) is 0 Å². The smallest absolute Gasteiger partial charge is 0.318 e. The van der Waals surface area contributed by atoms with E-state index in [9.17, 15) is 9.59 Å². The zero-order valence-electron chi connectivity index (χ0n) is 15.3. The Balaban J connectivity index is 1.42. The van der Waals surface area contributed by atoms with Crippen molar-refractivity contribution in [1.82, 2.24) is 25.5 Å². The lowest BCUT2D eigenvalue weighted by Gasteiger charge is -2.35. The number of nitrogens with zero attached hydrogens (tertiary/aromatic N) is 4. The predicted molar refractivity (Wildman–Crippen MR) is 102 cm³/mol. The van der Waals surface area contributed by atoms with Crippen LogP contribution in [0.3, 0.4) is 0 Å². The van der Waals surface area contributed by atoms with Crippen LogP contribution in [0.5, 0.6) is 0 Å². The minimum absolute atomic E-state index is 0.205. The van der Waals surface area contributed by atoms with Crippen LogP contribution in [0.25, 0.3) is 0 Å². The van der Waals surface area contributed by atoms with E-state index in [0.29, 0.717) is 38.7 Å². The van der Waals surface area contributed by atoms with Gasteiger partial charge in [0, 0.05) is 45.1 Å². The Bertz CT molecular complexity index is 747. The number of anilines is 1. The van der Waals surface area contributed by atoms with Crippen LogP contribution in [0.4, 0.5) is 10.7 Å². The highest BCUT2D eigenvalue weighted by atomic mass is 16.2. The Morgan fingerprint density at radius 2 is 1.70 bits per heavy atom. The van der Waals surface area contributed by atoms with Crippen molar-refractivity contribution in [2.24, 2.45) is 0 Å². The fraction of sp³-hybridized carbons (Fsp3) is 0.368. The van der Waals surface area contributed by atoms with Gasteiger partial charge in [0.1, 0.15) is 6.04 Å². The normalized spacial score (nSPS) is 15.1. The van der Waals surface area contributed by atoms with Crippen LogP contribution in [-0.4, -0.2) is 59.0 Å². The minimum atomic E-state index is -0.600. The molecule has 3 rings (SSSR count). The first-order chi connectivity index (χ1) is 13.1. The lowest BCUT2D eigenvalue weighted by molar-refractivity contribution is -0.122. The van der Waals surface area contributed by atoms with E-state index < -0.39 is 6.04 Å². The summed E-state index contributed by atoms with van der Waals surface area (Å²) in [6.07, 6.45) is 3.41. The third-order valence-corrected chi connectivity index (χ3v) is 4.44. The molecule has 1 aliphatic heterocycles. The Labute approximate surface area is 158 Å². The Hall–Kier alpha value is -3.16. The summed E-state index contributed by atoms with van der Waals surface area (Å²) in [4.78, 5) is 36.8. The molecule has 0 spiro atoms. The summed E-state index contributed by atoms with van der Waals surface area (Å²) in [5.41, 5.74) is 1.02. The van der Waals surface area contributed by atoms with Gasteiger partial charge in [-0.3, -0.25) is 4.79 Å². The van der Waals surface area contributed by atoms with Crippen LogP contribution in [0, 0.1) is 0 Å².